The van der Waals surface area contributed by atoms with Gasteiger partial charge in [-0.25, -0.2) is 0 Å². The van der Waals surface area contributed by atoms with Gasteiger partial charge in [0.1, 0.15) is 5.75 Å². The minimum Gasteiger partial charge on any atom is -0.426 e. The first kappa shape index (κ1) is 16.3. The van der Waals surface area contributed by atoms with Gasteiger partial charge in [-0.15, -0.1) is 0 Å². The molecule has 22 heavy (non-hydrogen) atoms. The first-order valence-corrected chi connectivity index (χ1v) is 7.22. The molecule has 6 heteroatoms. The largest absolute Gasteiger partial charge is 0.426 e. The van der Waals surface area contributed by atoms with Crippen molar-refractivity contribution in [3.63, 3.8) is 0 Å². The number of nitrogens with one attached hydrogen (secondary N) is 1. The Kier molecular flexibility index (Phi) is 5.41. The summed E-state index contributed by atoms with van der Waals surface area (Å²) < 4.78 is 5.24. The van der Waals surface area contributed by atoms with Gasteiger partial charge in [-0.1, -0.05) is 35.3 Å². The van der Waals surface area contributed by atoms with Crippen LogP contribution in [0.4, 0.5) is 5.69 Å². The Bertz CT molecular complexity index is 716. The molecule has 0 atom stereocenters. The van der Waals surface area contributed by atoms with Crippen molar-refractivity contribution >= 4 is 40.8 Å². The summed E-state index contributed by atoms with van der Waals surface area (Å²) in [7, 11) is 0. The molecule has 0 bridgehead atoms. The van der Waals surface area contributed by atoms with E-state index in [0.717, 1.165) is 0 Å². The van der Waals surface area contributed by atoms with Gasteiger partial charge in [-0.05, 0) is 29.8 Å². The first-order chi connectivity index (χ1) is 10.4. The van der Waals surface area contributed by atoms with E-state index in [1.165, 1.54) is 6.92 Å². The number of benzene rings is 2. The number of esters is 1. The third-order valence-corrected chi connectivity index (χ3v) is 3.46. The minimum atomic E-state index is -0.432. The molecule has 1 amide bonds. The van der Waals surface area contributed by atoms with E-state index in [9.17, 15) is 9.59 Å². The second kappa shape index (κ2) is 7.29. The molecular formula is C16H13Cl2NO3. The fraction of sp³-hybridized carbons (Fsp3) is 0.125. The van der Waals surface area contributed by atoms with Crippen LogP contribution in [-0.2, 0) is 16.0 Å². The Morgan fingerprint density at radius 1 is 1.09 bits per heavy atom. The molecule has 2 rings (SSSR count). The van der Waals surface area contributed by atoms with Gasteiger partial charge in [0.05, 0.1) is 16.5 Å². The lowest BCUT2D eigenvalue weighted by Gasteiger charge is -2.07. The van der Waals surface area contributed by atoms with Crippen molar-refractivity contribution < 1.29 is 14.3 Å². The molecule has 0 radical (unpaired) electrons. The second-order valence-corrected chi connectivity index (χ2v) is 5.42. The van der Waals surface area contributed by atoms with Crippen LogP contribution in [0.5, 0.6) is 5.75 Å². The standard InChI is InChI=1S/C16H13Cl2NO3/c1-10(20)19-12-3-2-4-13(9-12)22-16(21)8-11-5-6-14(17)15(18)7-11/h2-7,9H,8H2,1H3,(H,19,20). The van der Waals surface area contributed by atoms with Crippen LogP contribution in [0.25, 0.3) is 0 Å². The molecule has 1 N–H and O–H groups in total. The van der Waals surface area contributed by atoms with E-state index < -0.39 is 5.97 Å². The predicted molar refractivity (Wildman–Crippen MR) is 86.5 cm³/mol. The van der Waals surface area contributed by atoms with Gasteiger partial charge in [0.2, 0.25) is 5.91 Å². The molecule has 0 unspecified atom stereocenters. The Morgan fingerprint density at radius 3 is 2.55 bits per heavy atom. The quantitative estimate of drug-likeness (QED) is 0.674. The van der Waals surface area contributed by atoms with Crippen LogP contribution in [0, 0.1) is 0 Å². The van der Waals surface area contributed by atoms with E-state index in [0.29, 0.717) is 27.0 Å². The molecule has 0 spiro atoms. The molecule has 0 saturated heterocycles. The molecule has 114 valence electrons. The highest BCUT2D eigenvalue weighted by molar-refractivity contribution is 6.42. The molecule has 0 aliphatic heterocycles. The molecule has 0 fully saturated rings. The first-order valence-electron chi connectivity index (χ1n) is 6.46. The topological polar surface area (TPSA) is 55.4 Å². The third-order valence-electron chi connectivity index (χ3n) is 2.72. The smallest absolute Gasteiger partial charge is 0.315 e. The Morgan fingerprint density at radius 2 is 1.86 bits per heavy atom. The molecule has 2 aromatic carbocycles. The van der Waals surface area contributed by atoms with E-state index in [1.54, 1.807) is 42.5 Å². The number of halogens is 2. The van der Waals surface area contributed by atoms with Crippen LogP contribution in [0.1, 0.15) is 12.5 Å². The molecule has 2 aromatic rings. The number of carbonyl (C=O) groups excluding carboxylic acids is 2. The fourth-order valence-electron chi connectivity index (χ4n) is 1.82. The zero-order valence-corrected chi connectivity index (χ0v) is 13.2. The summed E-state index contributed by atoms with van der Waals surface area (Å²) in [4.78, 5) is 22.9. The Hall–Kier alpha value is -2.04. The molecule has 0 aromatic heterocycles. The van der Waals surface area contributed by atoms with Gasteiger partial charge in [-0.3, -0.25) is 9.59 Å². The lowest BCUT2D eigenvalue weighted by atomic mass is 10.1. The average Bonchev–Trinajstić information content (AvgIpc) is 2.42. The summed E-state index contributed by atoms with van der Waals surface area (Å²) in [6, 6.07) is 11.6. The van der Waals surface area contributed by atoms with Crippen LogP contribution in [0.3, 0.4) is 0 Å². The molecular weight excluding hydrogens is 325 g/mol. The van der Waals surface area contributed by atoms with E-state index in [-0.39, 0.29) is 12.3 Å². The van der Waals surface area contributed by atoms with Gasteiger partial charge in [0.15, 0.2) is 0 Å². The summed E-state index contributed by atoms with van der Waals surface area (Å²) in [5, 5.41) is 3.44. The van der Waals surface area contributed by atoms with Crippen molar-refractivity contribution in [2.75, 3.05) is 5.32 Å². The van der Waals surface area contributed by atoms with Crippen molar-refractivity contribution in [3.05, 3.63) is 58.1 Å². The summed E-state index contributed by atoms with van der Waals surface area (Å²) in [5.41, 5.74) is 1.27. The van der Waals surface area contributed by atoms with Gasteiger partial charge < -0.3 is 10.1 Å². The van der Waals surface area contributed by atoms with Crippen molar-refractivity contribution in [3.8, 4) is 5.75 Å². The summed E-state index contributed by atoms with van der Waals surface area (Å²) in [6.07, 6.45) is 0.0707. The number of amides is 1. The van der Waals surface area contributed by atoms with Gasteiger partial charge in [0, 0.05) is 18.7 Å². The number of hydrogen-bond donors (Lipinski definition) is 1. The monoisotopic (exact) mass is 337 g/mol. The van der Waals surface area contributed by atoms with Gasteiger partial charge in [-0.2, -0.15) is 0 Å². The minimum absolute atomic E-state index is 0.0707. The van der Waals surface area contributed by atoms with Crippen molar-refractivity contribution in [1.29, 1.82) is 0 Å². The van der Waals surface area contributed by atoms with E-state index >= 15 is 0 Å². The lowest BCUT2D eigenvalue weighted by molar-refractivity contribution is -0.133. The molecule has 0 aliphatic carbocycles. The number of carbonyl (C=O) groups is 2. The van der Waals surface area contributed by atoms with E-state index in [2.05, 4.69) is 5.32 Å². The summed E-state index contributed by atoms with van der Waals surface area (Å²) >= 11 is 11.7. The Labute approximate surface area is 138 Å². The zero-order valence-electron chi connectivity index (χ0n) is 11.7. The number of hydrogen-bond acceptors (Lipinski definition) is 3. The van der Waals surface area contributed by atoms with Crippen LogP contribution < -0.4 is 10.1 Å². The second-order valence-electron chi connectivity index (χ2n) is 4.61. The Balaban J connectivity index is 2.02. The molecule has 4 nitrogen and oxygen atoms in total. The summed E-state index contributed by atoms with van der Waals surface area (Å²) in [6.45, 7) is 1.41. The highest BCUT2D eigenvalue weighted by Gasteiger charge is 2.09. The maximum Gasteiger partial charge on any atom is 0.315 e. The predicted octanol–water partition coefficient (Wildman–Crippen LogP) is 4.10. The number of anilines is 1. The van der Waals surface area contributed by atoms with Crippen LogP contribution >= 0.6 is 23.2 Å². The molecule has 0 saturated carbocycles. The van der Waals surface area contributed by atoms with Crippen LogP contribution in [0.2, 0.25) is 10.0 Å². The average molecular weight is 338 g/mol. The van der Waals surface area contributed by atoms with Crippen molar-refractivity contribution in [1.82, 2.24) is 0 Å². The normalized spacial score (nSPS) is 10.1. The highest BCUT2D eigenvalue weighted by atomic mass is 35.5. The highest BCUT2D eigenvalue weighted by Crippen LogP contribution is 2.23. The molecule has 0 heterocycles. The lowest BCUT2D eigenvalue weighted by Crippen LogP contribution is -2.12. The number of rotatable bonds is 4. The van der Waals surface area contributed by atoms with Crippen LogP contribution in [0.15, 0.2) is 42.5 Å². The van der Waals surface area contributed by atoms with Gasteiger partial charge >= 0.3 is 5.97 Å². The maximum atomic E-state index is 11.9. The SMILES string of the molecule is CC(=O)Nc1cccc(OC(=O)Cc2ccc(Cl)c(Cl)c2)c1. The van der Waals surface area contributed by atoms with E-state index in [4.69, 9.17) is 27.9 Å². The molecule has 0 aliphatic rings. The van der Waals surface area contributed by atoms with Crippen LogP contribution in [-0.4, -0.2) is 11.9 Å². The fourth-order valence-corrected chi connectivity index (χ4v) is 2.15. The zero-order chi connectivity index (χ0) is 16.1. The summed E-state index contributed by atoms with van der Waals surface area (Å²) in [5.74, 6) is -0.269. The van der Waals surface area contributed by atoms with Crippen molar-refractivity contribution in [2.24, 2.45) is 0 Å². The number of ether oxygens (including phenoxy) is 1. The third kappa shape index (κ3) is 4.76. The maximum absolute atomic E-state index is 11.9. The van der Waals surface area contributed by atoms with E-state index in [1.807, 2.05) is 0 Å². The van der Waals surface area contributed by atoms with Crippen molar-refractivity contribution in [2.45, 2.75) is 13.3 Å². The van der Waals surface area contributed by atoms with Gasteiger partial charge in [0.25, 0.3) is 0 Å².